The summed E-state index contributed by atoms with van der Waals surface area (Å²) in [6.07, 6.45) is 4.42. The van der Waals surface area contributed by atoms with Crippen LogP contribution in [0.2, 0.25) is 0 Å². The van der Waals surface area contributed by atoms with Crippen molar-refractivity contribution < 1.29 is 13.8 Å². The molecule has 1 aliphatic carbocycles. The summed E-state index contributed by atoms with van der Waals surface area (Å²) in [5, 5.41) is 0. The monoisotopic (exact) mass is 227 g/mol. The molecule has 4 nitrogen and oxygen atoms in total. The maximum atomic E-state index is 11.7. The lowest BCUT2D eigenvalue weighted by Gasteiger charge is -2.14. The normalized spacial score (nSPS) is 28.2. The van der Waals surface area contributed by atoms with Crippen LogP contribution in [0.15, 0.2) is 12.2 Å². The van der Waals surface area contributed by atoms with Gasteiger partial charge in [0, 0.05) is 12.3 Å². The summed E-state index contributed by atoms with van der Waals surface area (Å²) in [5.74, 6) is 0.418. The van der Waals surface area contributed by atoms with Gasteiger partial charge in [-0.25, -0.2) is 0 Å². The summed E-state index contributed by atoms with van der Waals surface area (Å²) in [5.41, 5.74) is 0. The average molecular weight is 227 g/mol. The lowest BCUT2D eigenvalue weighted by atomic mass is 9.85. The molecular weight excluding hydrogens is 214 g/mol. The number of nitrogens with zero attached hydrogens (tertiary/aromatic N) is 1. The van der Waals surface area contributed by atoms with Gasteiger partial charge in [0.25, 0.3) is 0 Å². The number of imide groups is 1. The molecule has 1 fully saturated rings. The predicted octanol–water partition coefficient (Wildman–Crippen LogP) is 0.842. The van der Waals surface area contributed by atoms with Crippen molar-refractivity contribution in [1.82, 2.24) is 4.90 Å². The zero-order chi connectivity index (χ0) is 10.8. The van der Waals surface area contributed by atoms with Crippen LogP contribution in [0.25, 0.3) is 0 Å². The Morgan fingerprint density at radius 2 is 1.93 bits per heavy atom. The molecule has 2 amide bonds. The second kappa shape index (κ2) is 4.37. The molecule has 2 aliphatic rings. The molecule has 0 saturated carbocycles. The summed E-state index contributed by atoms with van der Waals surface area (Å²) in [4.78, 5) is 24.7. The summed E-state index contributed by atoms with van der Waals surface area (Å²) in [6, 6.07) is 0. The average Bonchev–Trinajstić information content (AvgIpc) is 2.29. The molecule has 0 bridgehead atoms. The number of rotatable bonds is 5. The van der Waals surface area contributed by atoms with Gasteiger partial charge in [-0.1, -0.05) is 12.2 Å². The minimum atomic E-state index is -0.160. The van der Waals surface area contributed by atoms with Gasteiger partial charge in [-0.2, -0.15) is 0 Å². The van der Waals surface area contributed by atoms with E-state index in [-0.39, 0.29) is 23.7 Å². The number of carbonyl (C=O) groups excluding carboxylic acids is 2. The van der Waals surface area contributed by atoms with E-state index in [1.165, 1.54) is 16.9 Å². The largest absolute Gasteiger partial charge is 0.319 e. The lowest BCUT2D eigenvalue weighted by Crippen LogP contribution is -2.31. The third-order valence-electron chi connectivity index (χ3n) is 2.74. The Morgan fingerprint density at radius 3 is 2.40 bits per heavy atom. The molecular formula is C10H13NO3S. The van der Waals surface area contributed by atoms with Crippen LogP contribution in [0.1, 0.15) is 6.42 Å². The minimum absolute atomic E-state index is 0.0325. The van der Waals surface area contributed by atoms with Crippen molar-refractivity contribution >= 4 is 23.9 Å². The highest BCUT2D eigenvalue weighted by atomic mass is 32.2. The van der Waals surface area contributed by atoms with Crippen LogP contribution < -0.4 is 0 Å². The predicted molar refractivity (Wildman–Crippen MR) is 56.9 cm³/mol. The highest BCUT2D eigenvalue weighted by Gasteiger charge is 2.48. The van der Waals surface area contributed by atoms with Gasteiger partial charge in [0.2, 0.25) is 11.8 Å². The third kappa shape index (κ3) is 1.81. The third-order valence-corrected chi connectivity index (χ3v) is 3.43. The highest BCUT2D eigenvalue weighted by Crippen LogP contribution is 2.35. The van der Waals surface area contributed by atoms with E-state index >= 15 is 0 Å². The first-order valence-electron chi connectivity index (χ1n) is 4.95. The molecule has 0 aromatic heterocycles. The Bertz CT molecular complexity index is 292. The van der Waals surface area contributed by atoms with Crippen LogP contribution in [-0.4, -0.2) is 36.1 Å². The first-order valence-corrected chi connectivity index (χ1v) is 5.86. The van der Waals surface area contributed by atoms with Crippen molar-refractivity contribution in [3.8, 4) is 0 Å². The second-order valence-corrected chi connectivity index (χ2v) is 4.58. The van der Waals surface area contributed by atoms with E-state index in [0.29, 0.717) is 6.54 Å². The number of fused-ring (bicyclic) bond motifs is 1. The van der Waals surface area contributed by atoms with Gasteiger partial charge in [0.15, 0.2) is 0 Å². The SMILES string of the molecule is COSCCCN1C(=O)C2C=CC2C1=O. The van der Waals surface area contributed by atoms with Gasteiger partial charge in [-0.3, -0.25) is 14.5 Å². The highest BCUT2D eigenvalue weighted by molar-refractivity contribution is 7.94. The van der Waals surface area contributed by atoms with E-state index in [0.717, 1.165) is 12.2 Å². The van der Waals surface area contributed by atoms with E-state index in [1.54, 1.807) is 7.11 Å². The molecule has 0 radical (unpaired) electrons. The van der Waals surface area contributed by atoms with Crippen molar-refractivity contribution in [3.63, 3.8) is 0 Å². The molecule has 0 N–H and O–H groups in total. The molecule has 0 aromatic rings. The van der Waals surface area contributed by atoms with E-state index in [2.05, 4.69) is 0 Å². The molecule has 1 heterocycles. The van der Waals surface area contributed by atoms with Crippen molar-refractivity contribution in [3.05, 3.63) is 12.2 Å². The molecule has 1 aliphatic heterocycles. The summed E-state index contributed by atoms with van der Waals surface area (Å²) in [7, 11) is 1.61. The Hall–Kier alpha value is -0.810. The number of hydrogen-bond donors (Lipinski definition) is 0. The van der Waals surface area contributed by atoms with E-state index in [1.807, 2.05) is 12.2 Å². The molecule has 2 atom stereocenters. The van der Waals surface area contributed by atoms with Gasteiger partial charge >= 0.3 is 0 Å². The summed E-state index contributed by atoms with van der Waals surface area (Å²) >= 11 is 1.35. The Labute approximate surface area is 92.9 Å². The Balaban J connectivity index is 1.83. The fourth-order valence-electron chi connectivity index (χ4n) is 1.86. The number of likely N-dealkylation sites (tertiary alicyclic amines) is 1. The van der Waals surface area contributed by atoms with E-state index in [9.17, 15) is 9.59 Å². The first kappa shape index (κ1) is 10.7. The van der Waals surface area contributed by atoms with Gasteiger partial charge in [0.1, 0.15) is 0 Å². The van der Waals surface area contributed by atoms with E-state index < -0.39 is 0 Å². The zero-order valence-electron chi connectivity index (χ0n) is 8.51. The molecule has 15 heavy (non-hydrogen) atoms. The lowest BCUT2D eigenvalue weighted by molar-refractivity contribution is -0.139. The molecule has 0 spiro atoms. The standard InChI is InChI=1S/C10H13NO3S/c1-14-15-6-2-5-11-9(12)7-3-4-8(7)10(11)13/h3-4,7-8H,2,5-6H2,1H3. The Morgan fingerprint density at radius 1 is 1.33 bits per heavy atom. The molecule has 0 aromatic carbocycles. The zero-order valence-corrected chi connectivity index (χ0v) is 9.33. The smallest absolute Gasteiger partial charge is 0.237 e. The van der Waals surface area contributed by atoms with Crippen LogP contribution in [0.5, 0.6) is 0 Å². The van der Waals surface area contributed by atoms with Crippen molar-refractivity contribution in [2.75, 3.05) is 19.4 Å². The minimum Gasteiger partial charge on any atom is -0.319 e. The molecule has 2 rings (SSSR count). The van der Waals surface area contributed by atoms with Crippen molar-refractivity contribution in [2.24, 2.45) is 11.8 Å². The first-order chi connectivity index (χ1) is 7.25. The van der Waals surface area contributed by atoms with Gasteiger partial charge in [-0.15, -0.1) is 0 Å². The van der Waals surface area contributed by atoms with Crippen LogP contribution in [0.3, 0.4) is 0 Å². The van der Waals surface area contributed by atoms with Crippen LogP contribution in [-0.2, 0) is 13.8 Å². The molecule has 82 valence electrons. The maximum absolute atomic E-state index is 11.7. The van der Waals surface area contributed by atoms with Crippen molar-refractivity contribution in [1.29, 1.82) is 0 Å². The molecule has 5 heteroatoms. The fraction of sp³-hybridized carbons (Fsp3) is 0.600. The van der Waals surface area contributed by atoms with Crippen LogP contribution in [0, 0.1) is 11.8 Å². The summed E-state index contributed by atoms with van der Waals surface area (Å²) in [6.45, 7) is 0.517. The van der Waals surface area contributed by atoms with E-state index in [4.69, 9.17) is 4.18 Å². The van der Waals surface area contributed by atoms with Gasteiger partial charge < -0.3 is 4.18 Å². The number of amides is 2. The quantitative estimate of drug-likeness (QED) is 0.302. The topological polar surface area (TPSA) is 46.6 Å². The number of hydrogen-bond acceptors (Lipinski definition) is 4. The second-order valence-electron chi connectivity index (χ2n) is 3.61. The molecule has 2 unspecified atom stereocenters. The summed E-state index contributed by atoms with van der Waals surface area (Å²) < 4.78 is 4.83. The van der Waals surface area contributed by atoms with Crippen molar-refractivity contribution in [2.45, 2.75) is 6.42 Å². The Kier molecular flexibility index (Phi) is 3.11. The fourth-order valence-corrected chi connectivity index (χ4v) is 2.27. The molecule has 1 saturated heterocycles. The number of carbonyl (C=O) groups is 2. The van der Waals surface area contributed by atoms with Gasteiger partial charge in [0.05, 0.1) is 18.9 Å². The van der Waals surface area contributed by atoms with Gasteiger partial charge in [-0.05, 0) is 18.5 Å². The van der Waals surface area contributed by atoms with Crippen LogP contribution in [0.4, 0.5) is 0 Å². The maximum Gasteiger partial charge on any atom is 0.237 e. The van der Waals surface area contributed by atoms with Crippen LogP contribution >= 0.6 is 12.0 Å².